The summed E-state index contributed by atoms with van der Waals surface area (Å²) in [5.74, 6) is -0.380. The molecule has 0 aliphatic heterocycles. The topological polar surface area (TPSA) is 54.5 Å². The SMILES string of the molecule is Fc1ccc(-c2cnc3cn[nH]c3n2)c(Cl)c1. The third kappa shape index (κ3) is 1.74. The highest BCUT2D eigenvalue weighted by Crippen LogP contribution is 2.27. The summed E-state index contributed by atoms with van der Waals surface area (Å²) in [4.78, 5) is 8.48. The largest absolute Gasteiger partial charge is 0.259 e. The van der Waals surface area contributed by atoms with Crippen molar-refractivity contribution in [2.24, 2.45) is 0 Å². The Kier molecular flexibility index (Phi) is 2.26. The molecular weight excluding hydrogens is 243 g/mol. The monoisotopic (exact) mass is 248 g/mol. The maximum absolute atomic E-state index is 12.9. The van der Waals surface area contributed by atoms with E-state index in [0.29, 0.717) is 27.4 Å². The Balaban J connectivity index is 2.19. The van der Waals surface area contributed by atoms with Crippen LogP contribution in [0.4, 0.5) is 4.39 Å². The molecule has 0 amide bonds. The molecule has 0 bridgehead atoms. The summed E-state index contributed by atoms with van der Waals surface area (Å²) in [6, 6.07) is 4.15. The second kappa shape index (κ2) is 3.78. The van der Waals surface area contributed by atoms with Crippen LogP contribution in [-0.4, -0.2) is 20.2 Å². The normalized spacial score (nSPS) is 10.9. The summed E-state index contributed by atoms with van der Waals surface area (Å²) >= 11 is 5.96. The van der Waals surface area contributed by atoms with Gasteiger partial charge in [-0.1, -0.05) is 11.6 Å². The molecule has 0 aliphatic carbocycles. The van der Waals surface area contributed by atoms with Crippen molar-refractivity contribution in [3.05, 3.63) is 41.4 Å². The predicted molar refractivity (Wildman–Crippen MR) is 62.1 cm³/mol. The van der Waals surface area contributed by atoms with Crippen LogP contribution in [0.2, 0.25) is 5.02 Å². The van der Waals surface area contributed by atoms with E-state index in [4.69, 9.17) is 11.6 Å². The van der Waals surface area contributed by atoms with Gasteiger partial charge < -0.3 is 0 Å². The fraction of sp³-hybridized carbons (Fsp3) is 0. The standard InChI is InChI=1S/C11H6ClFN4/c12-8-3-6(13)1-2-7(8)9-4-14-10-5-15-17-11(10)16-9/h1-5H,(H,15,16,17). The number of rotatable bonds is 1. The van der Waals surface area contributed by atoms with Gasteiger partial charge in [-0.2, -0.15) is 5.10 Å². The van der Waals surface area contributed by atoms with Crippen LogP contribution in [0.15, 0.2) is 30.6 Å². The Labute approximate surface area is 100 Å². The van der Waals surface area contributed by atoms with Gasteiger partial charge in [-0.3, -0.25) is 5.10 Å². The molecule has 0 fully saturated rings. The number of fused-ring (bicyclic) bond motifs is 1. The lowest BCUT2D eigenvalue weighted by Gasteiger charge is -2.02. The highest BCUT2D eigenvalue weighted by Gasteiger charge is 2.08. The van der Waals surface area contributed by atoms with Crippen LogP contribution in [-0.2, 0) is 0 Å². The minimum Gasteiger partial charge on any atom is -0.259 e. The van der Waals surface area contributed by atoms with Gasteiger partial charge in [0.2, 0.25) is 0 Å². The van der Waals surface area contributed by atoms with Gasteiger partial charge in [0.1, 0.15) is 11.3 Å². The van der Waals surface area contributed by atoms with Crippen LogP contribution in [0.3, 0.4) is 0 Å². The Bertz CT molecular complexity index is 695. The van der Waals surface area contributed by atoms with Gasteiger partial charge in [0.05, 0.1) is 23.1 Å². The van der Waals surface area contributed by atoms with E-state index in [-0.39, 0.29) is 5.82 Å². The summed E-state index contributed by atoms with van der Waals surface area (Å²) in [6.07, 6.45) is 3.16. The fourth-order valence-corrected chi connectivity index (χ4v) is 1.82. The van der Waals surface area contributed by atoms with Crippen molar-refractivity contribution in [1.82, 2.24) is 20.2 Å². The molecular formula is C11H6ClFN4. The van der Waals surface area contributed by atoms with E-state index in [0.717, 1.165) is 0 Å². The predicted octanol–water partition coefficient (Wildman–Crippen LogP) is 2.81. The maximum atomic E-state index is 12.9. The quantitative estimate of drug-likeness (QED) is 0.720. The Morgan fingerprint density at radius 2 is 2.12 bits per heavy atom. The molecule has 1 aromatic carbocycles. The van der Waals surface area contributed by atoms with E-state index in [1.165, 1.54) is 12.1 Å². The Morgan fingerprint density at radius 3 is 2.94 bits per heavy atom. The number of benzene rings is 1. The molecule has 2 heterocycles. The zero-order chi connectivity index (χ0) is 11.8. The average molecular weight is 249 g/mol. The number of H-pyrrole nitrogens is 1. The van der Waals surface area contributed by atoms with Gasteiger partial charge in [-0.15, -0.1) is 0 Å². The Hall–Kier alpha value is -2.01. The Morgan fingerprint density at radius 1 is 1.24 bits per heavy atom. The summed E-state index contributed by atoms with van der Waals surface area (Å²) in [7, 11) is 0. The number of nitrogens with one attached hydrogen (secondary N) is 1. The first kappa shape index (κ1) is 10.2. The van der Waals surface area contributed by atoms with Crippen molar-refractivity contribution in [3.8, 4) is 11.3 Å². The van der Waals surface area contributed by atoms with E-state index in [1.54, 1.807) is 18.5 Å². The van der Waals surface area contributed by atoms with Crippen molar-refractivity contribution < 1.29 is 4.39 Å². The van der Waals surface area contributed by atoms with E-state index < -0.39 is 0 Å². The van der Waals surface area contributed by atoms with Gasteiger partial charge in [0, 0.05) is 5.56 Å². The lowest BCUT2D eigenvalue weighted by atomic mass is 10.1. The zero-order valence-corrected chi connectivity index (χ0v) is 9.24. The molecule has 0 atom stereocenters. The van der Waals surface area contributed by atoms with Crippen LogP contribution < -0.4 is 0 Å². The number of hydrogen-bond donors (Lipinski definition) is 1. The van der Waals surface area contributed by atoms with Crippen molar-refractivity contribution >= 4 is 22.8 Å². The minimum atomic E-state index is -0.380. The summed E-state index contributed by atoms with van der Waals surface area (Å²) in [5, 5.41) is 6.85. The zero-order valence-electron chi connectivity index (χ0n) is 8.48. The lowest BCUT2D eigenvalue weighted by molar-refractivity contribution is 0.628. The van der Waals surface area contributed by atoms with Gasteiger partial charge in [0.15, 0.2) is 5.65 Å². The molecule has 2 aromatic heterocycles. The molecule has 84 valence electrons. The molecule has 1 N–H and O–H groups in total. The van der Waals surface area contributed by atoms with Crippen molar-refractivity contribution in [3.63, 3.8) is 0 Å². The molecule has 0 radical (unpaired) electrons. The fourth-order valence-electron chi connectivity index (χ4n) is 1.56. The van der Waals surface area contributed by atoms with Crippen LogP contribution in [0.25, 0.3) is 22.4 Å². The smallest absolute Gasteiger partial charge is 0.174 e. The van der Waals surface area contributed by atoms with Crippen LogP contribution in [0, 0.1) is 5.82 Å². The first-order chi connectivity index (χ1) is 8.24. The van der Waals surface area contributed by atoms with Crippen LogP contribution >= 0.6 is 11.6 Å². The molecule has 3 aromatic rings. The van der Waals surface area contributed by atoms with E-state index in [9.17, 15) is 4.39 Å². The highest BCUT2D eigenvalue weighted by atomic mass is 35.5. The summed E-state index contributed by atoms with van der Waals surface area (Å²) in [6.45, 7) is 0. The summed E-state index contributed by atoms with van der Waals surface area (Å²) < 4.78 is 12.9. The van der Waals surface area contributed by atoms with Crippen LogP contribution in [0.1, 0.15) is 0 Å². The van der Waals surface area contributed by atoms with Gasteiger partial charge in [0.25, 0.3) is 0 Å². The molecule has 17 heavy (non-hydrogen) atoms. The second-order valence-electron chi connectivity index (χ2n) is 3.48. The first-order valence-electron chi connectivity index (χ1n) is 4.85. The lowest BCUT2D eigenvalue weighted by Crippen LogP contribution is -1.89. The van der Waals surface area contributed by atoms with Gasteiger partial charge >= 0.3 is 0 Å². The number of halogens is 2. The van der Waals surface area contributed by atoms with Crippen molar-refractivity contribution in [2.75, 3.05) is 0 Å². The molecule has 0 saturated carbocycles. The first-order valence-corrected chi connectivity index (χ1v) is 5.23. The number of nitrogens with zero attached hydrogens (tertiary/aromatic N) is 3. The van der Waals surface area contributed by atoms with E-state index in [2.05, 4.69) is 20.2 Å². The van der Waals surface area contributed by atoms with Gasteiger partial charge in [-0.05, 0) is 18.2 Å². The van der Waals surface area contributed by atoms with Crippen molar-refractivity contribution in [1.29, 1.82) is 0 Å². The minimum absolute atomic E-state index is 0.304. The van der Waals surface area contributed by atoms with Crippen LogP contribution in [0.5, 0.6) is 0 Å². The molecule has 0 saturated heterocycles. The number of aromatic nitrogens is 4. The molecule has 3 rings (SSSR count). The maximum Gasteiger partial charge on any atom is 0.174 e. The number of aromatic amines is 1. The molecule has 4 nitrogen and oxygen atoms in total. The molecule has 0 spiro atoms. The molecule has 0 unspecified atom stereocenters. The average Bonchev–Trinajstić information content (AvgIpc) is 2.75. The molecule has 6 heteroatoms. The van der Waals surface area contributed by atoms with E-state index in [1.807, 2.05) is 0 Å². The number of hydrogen-bond acceptors (Lipinski definition) is 3. The second-order valence-corrected chi connectivity index (χ2v) is 3.89. The third-order valence-electron chi connectivity index (χ3n) is 2.37. The third-order valence-corrected chi connectivity index (χ3v) is 2.68. The van der Waals surface area contributed by atoms with Crippen molar-refractivity contribution in [2.45, 2.75) is 0 Å². The molecule has 0 aliphatic rings. The van der Waals surface area contributed by atoms with Gasteiger partial charge in [-0.25, -0.2) is 14.4 Å². The highest BCUT2D eigenvalue weighted by molar-refractivity contribution is 6.33. The van der Waals surface area contributed by atoms with E-state index >= 15 is 0 Å². The summed E-state index contributed by atoms with van der Waals surface area (Å²) in [5.41, 5.74) is 2.46.